The Bertz CT molecular complexity index is 279. The largest absolute Gasteiger partial charge is 0.325 e. The highest BCUT2D eigenvalue weighted by molar-refractivity contribution is 5.84. The Hall–Kier alpha value is -0.610. The highest BCUT2D eigenvalue weighted by atomic mass is 16.2. The number of nitrogens with one attached hydrogen (secondary N) is 1. The van der Waals surface area contributed by atoms with Crippen LogP contribution in [0, 0.1) is 5.92 Å². The molecule has 1 fully saturated rings. The van der Waals surface area contributed by atoms with Gasteiger partial charge in [-0.2, -0.15) is 0 Å². The van der Waals surface area contributed by atoms with Crippen LogP contribution in [-0.4, -0.2) is 55.1 Å². The average molecular weight is 269 g/mol. The lowest BCUT2D eigenvalue weighted by Gasteiger charge is -2.27. The number of carbonyl (C=O) groups is 1. The summed E-state index contributed by atoms with van der Waals surface area (Å²) >= 11 is 0. The topological polar surface area (TPSA) is 35.6 Å². The maximum absolute atomic E-state index is 12.5. The zero-order chi connectivity index (χ0) is 14.4. The number of hydrogen-bond donors (Lipinski definition) is 1. The van der Waals surface area contributed by atoms with Crippen molar-refractivity contribution in [2.45, 2.75) is 58.7 Å². The van der Waals surface area contributed by atoms with Crippen LogP contribution in [0.25, 0.3) is 0 Å². The lowest BCUT2D eigenvalue weighted by atomic mass is 10.1. The van der Waals surface area contributed by atoms with Crippen LogP contribution < -0.4 is 5.32 Å². The van der Waals surface area contributed by atoms with E-state index in [-0.39, 0.29) is 12.2 Å². The summed E-state index contributed by atoms with van der Waals surface area (Å²) in [6.45, 7) is 8.45. The van der Waals surface area contributed by atoms with Gasteiger partial charge in [0.15, 0.2) is 0 Å². The third kappa shape index (κ3) is 4.77. The second-order valence-corrected chi connectivity index (χ2v) is 6.24. The molecule has 1 saturated heterocycles. The first-order chi connectivity index (χ1) is 8.97. The monoisotopic (exact) mass is 269 g/mol. The molecular weight excluding hydrogens is 238 g/mol. The Morgan fingerprint density at radius 1 is 1.32 bits per heavy atom. The van der Waals surface area contributed by atoms with E-state index in [2.05, 4.69) is 50.0 Å². The molecule has 1 aliphatic rings. The number of nitrogens with zero attached hydrogens (tertiary/aromatic N) is 2. The highest BCUT2D eigenvalue weighted by Crippen LogP contribution is 2.20. The normalized spacial score (nSPS) is 23.9. The van der Waals surface area contributed by atoms with Gasteiger partial charge in [0.25, 0.3) is 0 Å². The maximum atomic E-state index is 12.5. The van der Waals surface area contributed by atoms with Crippen molar-refractivity contribution >= 4 is 5.91 Å². The summed E-state index contributed by atoms with van der Waals surface area (Å²) in [5.74, 6) is 0.779. The Balaban J connectivity index is 2.56. The van der Waals surface area contributed by atoms with Crippen LogP contribution in [-0.2, 0) is 4.79 Å². The van der Waals surface area contributed by atoms with Gasteiger partial charge in [0, 0.05) is 6.54 Å². The van der Waals surface area contributed by atoms with Crippen molar-refractivity contribution in [3.8, 4) is 0 Å². The summed E-state index contributed by atoms with van der Waals surface area (Å²) in [5, 5.41) is 3.53. The first-order valence-electron chi connectivity index (χ1n) is 7.68. The van der Waals surface area contributed by atoms with Crippen molar-refractivity contribution in [3.05, 3.63) is 0 Å². The minimum atomic E-state index is 0.0479. The van der Waals surface area contributed by atoms with E-state index in [1.54, 1.807) is 0 Å². The van der Waals surface area contributed by atoms with Crippen molar-refractivity contribution in [1.29, 1.82) is 0 Å². The first-order valence-corrected chi connectivity index (χ1v) is 7.68. The molecule has 0 radical (unpaired) electrons. The van der Waals surface area contributed by atoms with E-state index in [1.807, 2.05) is 0 Å². The average Bonchev–Trinajstić information content (AvgIpc) is 2.64. The van der Waals surface area contributed by atoms with Gasteiger partial charge in [-0.05, 0) is 39.4 Å². The molecule has 0 saturated carbocycles. The lowest BCUT2D eigenvalue weighted by Crippen LogP contribution is -2.42. The van der Waals surface area contributed by atoms with Crippen LogP contribution in [0.15, 0.2) is 0 Å². The van der Waals surface area contributed by atoms with E-state index in [9.17, 15) is 4.79 Å². The number of rotatable bonds is 8. The van der Waals surface area contributed by atoms with E-state index >= 15 is 0 Å². The number of amides is 1. The van der Waals surface area contributed by atoms with Gasteiger partial charge in [-0.15, -0.1) is 0 Å². The summed E-state index contributed by atoms with van der Waals surface area (Å²) in [5.41, 5.74) is 0. The Labute approximate surface area is 118 Å². The van der Waals surface area contributed by atoms with Gasteiger partial charge < -0.3 is 9.80 Å². The van der Waals surface area contributed by atoms with Gasteiger partial charge in [0.05, 0.1) is 12.2 Å². The molecule has 0 aromatic rings. The molecule has 1 N–H and O–H groups in total. The predicted octanol–water partition coefficient (Wildman–Crippen LogP) is 1.91. The summed E-state index contributed by atoms with van der Waals surface area (Å²) in [4.78, 5) is 16.7. The van der Waals surface area contributed by atoms with Crippen LogP contribution in [0.2, 0.25) is 0 Å². The number of carbonyl (C=O) groups excluding carboxylic acids is 1. The molecule has 0 aliphatic carbocycles. The van der Waals surface area contributed by atoms with E-state index < -0.39 is 0 Å². The van der Waals surface area contributed by atoms with Gasteiger partial charge in [-0.1, -0.05) is 33.6 Å². The molecule has 4 nitrogen and oxygen atoms in total. The second-order valence-electron chi connectivity index (χ2n) is 6.24. The minimum Gasteiger partial charge on any atom is -0.325 e. The number of unbranched alkanes of at least 4 members (excludes halogenated alkanes) is 1. The van der Waals surface area contributed by atoms with E-state index in [0.29, 0.717) is 11.8 Å². The lowest BCUT2D eigenvalue weighted by molar-refractivity contribution is -0.130. The Morgan fingerprint density at radius 2 is 2.00 bits per heavy atom. The molecule has 0 bridgehead atoms. The molecule has 19 heavy (non-hydrogen) atoms. The van der Waals surface area contributed by atoms with Gasteiger partial charge >= 0.3 is 0 Å². The zero-order valence-electron chi connectivity index (χ0n) is 13.3. The molecule has 0 spiro atoms. The standard InChI is InChI=1S/C15H31N3O/c1-6-7-9-13-15(19)18(11-8-10-17(4)5)14(16-13)12(2)3/h12-14,16H,6-11H2,1-5H3. The molecular formula is C15H31N3O. The van der Waals surface area contributed by atoms with Crippen LogP contribution in [0.1, 0.15) is 46.5 Å². The molecule has 1 rings (SSSR count). The van der Waals surface area contributed by atoms with E-state index in [0.717, 1.165) is 38.8 Å². The van der Waals surface area contributed by atoms with Crippen molar-refractivity contribution in [1.82, 2.24) is 15.1 Å². The van der Waals surface area contributed by atoms with Crippen LogP contribution >= 0.6 is 0 Å². The maximum Gasteiger partial charge on any atom is 0.241 e. The molecule has 1 aliphatic heterocycles. The van der Waals surface area contributed by atoms with E-state index in [1.165, 1.54) is 0 Å². The Kier molecular flexibility index (Phi) is 6.80. The van der Waals surface area contributed by atoms with Gasteiger partial charge in [-0.25, -0.2) is 0 Å². The second kappa shape index (κ2) is 7.85. The smallest absolute Gasteiger partial charge is 0.241 e. The summed E-state index contributed by atoms with van der Waals surface area (Å²) in [7, 11) is 4.15. The third-order valence-electron chi connectivity index (χ3n) is 3.77. The molecule has 2 atom stereocenters. The molecule has 2 unspecified atom stereocenters. The molecule has 0 aromatic heterocycles. The summed E-state index contributed by atoms with van der Waals surface area (Å²) < 4.78 is 0. The zero-order valence-corrected chi connectivity index (χ0v) is 13.3. The van der Waals surface area contributed by atoms with Gasteiger partial charge in [0.2, 0.25) is 5.91 Å². The van der Waals surface area contributed by atoms with Crippen LogP contribution in [0.4, 0.5) is 0 Å². The molecule has 1 heterocycles. The fraction of sp³-hybridized carbons (Fsp3) is 0.933. The van der Waals surface area contributed by atoms with E-state index in [4.69, 9.17) is 0 Å². The van der Waals surface area contributed by atoms with Crippen molar-refractivity contribution in [2.24, 2.45) is 5.92 Å². The van der Waals surface area contributed by atoms with Crippen LogP contribution in [0.3, 0.4) is 0 Å². The van der Waals surface area contributed by atoms with Crippen LogP contribution in [0.5, 0.6) is 0 Å². The molecule has 112 valence electrons. The summed E-state index contributed by atoms with van der Waals surface area (Å²) in [6.07, 6.45) is 4.52. The fourth-order valence-corrected chi connectivity index (χ4v) is 2.68. The molecule has 0 aromatic carbocycles. The first kappa shape index (κ1) is 16.4. The van der Waals surface area contributed by atoms with Crippen molar-refractivity contribution < 1.29 is 4.79 Å². The molecule has 4 heteroatoms. The predicted molar refractivity (Wildman–Crippen MR) is 80.0 cm³/mol. The minimum absolute atomic E-state index is 0.0479. The molecule has 1 amide bonds. The third-order valence-corrected chi connectivity index (χ3v) is 3.77. The summed E-state index contributed by atoms with van der Waals surface area (Å²) in [6, 6.07) is 0.0479. The quantitative estimate of drug-likeness (QED) is 0.731. The fourth-order valence-electron chi connectivity index (χ4n) is 2.68. The highest BCUT2D eigenvalue weighted by Gasteiger charge is 2.39. The number of hydrogen-bond acceptors (Lipinski definition) is 3. The van der Waals surface area contributed by atoms with Crippen molar-refractivity contribution in [3.63, 3.8) is 0 Å². The Morgan fingerprint density at radius 3 is 2.53 bits per heavy atom. The van der Waals surface area contributed by atoms with Gasteiger partial charge in [-0.3, -0.25) is 10.1 Å². The van der Waals surface area contributed by atoms with Crippen molar-refractivity contribution in [2.75, 3.05) is 27.2 Å². The van der Waals surface area contributed by atoms with Gasteiger partial charge in [0.1, 0.15) is 0 Å². The SMILES string of the molecule is CCCCC1NC(C(C)C)N(CCCN(C)C)C1=O.